The van der Waals surface area contributed by atoms with Crippen molar-refractivity contribution in [2.24, 2.45) is 5.92 Å². The zero-order valence-corrected chi connectivity index (χ0v) is 12.3. The summed E-state index contributed by atoms with van der Waals surface area (Å²) < 4.78 is 5.07. The van der Waals surface area contributed by atoms with Crippen LogP contribution in [0.3, 0.4) is 0 Å². The van der Waals surface area contributed by atoms with Gasteiger partial charge in [-0.05, 0) is 24.8 Å². The van der Waals surface area contributed by atoms with Crippen molar-refractivity contribution in [2.75, 3.05) is 6.61 Å². The van der Waals surface area contributed by atoms with Crippen molar-refractivity contribution in [3.05, 3.63) is 48.6 Å². The molecule has 1 aromatic carbocycles. The van der Waals surface area contributed by atoms with E-state index < -0.39 is 6.09 Å². The van der Waals surface area contributed by atoms with Crippen LogP contribution >= 0.6 is 0 Å². The summed E-state index contributed by atoms with van der Waals surface area (Å²) in [4.78, 5) is 25.6. The van der Waals surface area contributed by atoms with Gasteiger partial charge < -0.3 is 4.74 Å². The van der Waals surface area contributed by atoms with Gasteiger partial charge in [0.05, 0.1) is 6.04 Å². The Morgan fingerprint density at radius 3 is 2.86 bits per heavy atom. The number of amides is 2. The molecule has 0 radical (unpaired) electrons. The first-order valence-corrected chi connectivity index (χ1v) is 7.28. The number of nitrogens with zero attached hydrogens (tertiary/aromatic N) is 1. The Morgan fingerprint density at radius 1 is 1.48 bits per heavy atom. The minimum atomic E-state index is -0.522. The summed E-state index contributed by atoms with van der Waals surface area (Å²) in [6.45, 7) is 5.77. The van der Waals surface area contributed by atoms with Crippen LogP contribution in [0.2, 0.25) is 0 Å². The average molecular weight is 287 g/mol. The number of cyclic esters (lactones) is 1. The highest BCUT2D eigenvalue weighted by Crippen LogP contribution is 2.21. The first-order chi connectivity index (χ1) is 10.1. The van der Waals surface area contributed by atoms with E-state index in [1.54, 1.807) is 6.08 Å². The second-order valence-electron chi connectivity index (χ2n) is 5.40. The van der Waals surface area contributed by atoms with Crippen molar-refractivity contribution < 1.29 is 14.3 Å². The van der Waals surface area contributed by atoms with Crippen molar-refractivity contribution in [3.63, 3.8) is 0 Å². The third-order valence-corrected chi connectivity index (χ3v) is 3.74. The Labute approximate surface area is 125 Å². The van der Waals surface area contributed by atoms with Crippen LogP contribution in [0.5, 0.6) is 0 Å². The molecule has 0 aliphatic carbocycles. The van der Waals surface area contributed by atoms with Crippen LogP contribution in [0.25, 0.3) is 0 Å². The number of hydrogen-bond acceptors (Lipinski definition) is 3. The molecule has 21 heavy (non-hydrogen) atoms. The fourth-order valence-electron chi connectivity index (χ4n) is 2.50. The summed E-state index contributed by atoms with van der Waals surface area (Å²) in [7, 11) is 0. The second kappa shape index (κ2) is 7.07. The molecule has 1 saturated heterocycles. The number of rotatable bonds is 6. The van der Waals surface area contributed by atoms with Gasteiger partial charge in [-0.1, -0.05) is 43.3 Å². The topological polar surface area (TPSA) is 46.6 Å². The summed E-state index contributed by atoms with van der Waals surface area (Å²) in [5, 5.41) is 0. The molecule has 2 rings (SSSR count). The van der Waals surface area contributed by atoms with Crippen LogP contribution < -0.4 is 0 Å². The number of benzene rings is 1. The third-order valence-electron chi connectivity index (χ3n) is 3.74. The third kappa shape index (κ3) is 3.72. The predicted molar refractivity (Wildman–Crippen MR) is 80.7 cm³/mol. The molecule has 0 spiro atoms. The first-order valence-electron chi connectivity index (χ1n) is 7.28. The van der Waals surface area contributed by atoms with Gasteiger partial charge in [-0.25, -0.2) is 9.69 Å². The van der Waals surface area contributed by atoms with Gasteiger partial charge in [0.25, 0.3) is 0 Å². The Kier molecular flexibility index (Phi) is 5.14. The van der Waals surface area contributed by atoms with Crippen LogP contribution in [0.15, 0.2) is 43.0 Å². The van der Waals surface area contributed by atoms with E-state index in [0.717, 1.165) is 12.0 Å². The van der Waals surface area contributed by atoms with Gasteiger partial charge in [0.15, 0.2) is 0 Å². The van der Waals surface area contributed by atoms with E-state index in [-0.39, 0.29) is 24.5 Å². The van der Waals surface area contributed by atoms with Crippen molar-refractivity contribution in [1.29, 1.82) is 0 Å². The summed E-state index contributed by atoms with van der Waals surface area (Å²) in [5.74, 6) is -0.354. The summed E-state index contributed by atoms with van der Waals surface area (Å²) in [5.41, 5.74) is 1.09. The number of imide groups is 1. The Hall–Kier alpha value is -2.10. The fraction of sp³-hybridized carbons (Fsp3) is 0.412. The maximum absolute atomic E-state index is 12.5. The van der Waals surface area contributed by atoms with E-state index in [1.165, 1.54) is 4.90 Å². The standard InChI is InChI=1S/C17H21NO3/c1-3-4-8-13(2)16(19)18-15(12-21-17(18)20)11-14-9-6-5-7-10-14/h3,5-7,9-10,13,15H,1,4,8,11-12H2,2H3. The van der Waals surface area contributed by atoms with E-state index in [2.05, 4.69) is 6.58 Å². The Bertz CT molecular complexity index is 512. The van der Waals surface area contributed by atoms with Gasteiger partial charge in [-0.3, -0.25) is 4.79 Å². The fourth-order valence-corrected chi connectivity index (χ4v) is 2.50. The Balaban J connectivity index is 2.06. The second-order valence-corrected chi connectivity index (χ2v) is 5.40. The van der Waals surface area contributed by atoms with Crippen LogP contribution in [0.4, 0.5) is 4.79 Å². The van der Waals surface area contributed by atoms with Crippen LogP contribution in [0, 0.1) is 5.92 Å². The molecule has 1 aliphatic heterocycles. The van der Waals surface area contributed by atoms with E-state index in [9.17, 15) is 9.59 Å². The zero-order valence-electron chi connectivity index (χ0n) is 12.3. The monoisotopic (exact) mass is 287 g/mol. The molecule has 4 heteroatoms. The molecule has 4 nitrogen and oxygen atoms in total. The minimum Gasteiger partial charge on any atom is -0.447 e. The van der Waals surface area contributed by atoms with E-state index in [4.69, 9.17) is 4.74 Å². The highest BCUT2D eigenvalue weighted by Gasteiger charge is 2.39. The SMILES string of the molecule is C=CCCC(C)C(=O)N1C(=O)OCC1Cc1ccccc1. The van der Waals surface area contributed by atoms with Crippen molar-refractivity contribution >= 4 is 12.0 Å². The lowest BCUT2D eigenvalue weighted by Crippen LogP contribution is -2.43. The van der Waals surface area contributed by atoms with E-state index in [0.29, 0.717) is 12.8 Å². The maximum Gasteiger partial charge on any atom is 0.416 e. The predicted octanol–water partition coefficient (Wildman–Crippen LogP) is 3.18. The van der Waals surface area contributed by atoms with Crippen molar-refractivity contribution in [3.8, 4) is 0 Å². The number of carbonyl (C=O) groups excluding carboxylic acids is 2. The number of allylic oxidation sites excluding steroid dienone is 1. The van der Waals surface area contributed by atoms with Gasteiger partial charge in [0.2, 0.25) is 5.91 Å². The molecular formula is C17H21NO3. The molecule has 0 bridgehead atoms. The quantitative estimate of drug-likeness (QED) is 0.755. The molecule has 0 N–H and O–H groups in total. The summed E-state index contributed by atoms with van der Waals surface area (Å²) >= 11 is 0. The number of ether oxygens (including phenoxy) is 1. The van der Waals surface area contributed by atoms with Crippen LogP contribution in [0.1, 0.15) is 25.3 Å². The normalized spacial score (nSPS) is 19.2. The molecule has 2 amide bonds. The largest absolute Gasteiger partial charge is 0.447 e. The molecule has 0 saturated carbocycles. The minimum absolute atomic E-state index is 0.153. The Morgan fingerprint density at radius 2 is 2.19 bits per heavy atom. The first kappa shape index (κ1) is 15.3. The smallest absolute Gasteiger partial charge is 0.416 e. The van der Waals surface area contributed by atoms with Crippen LogP contribution in [-0.2, 0) is 16.0 Å². The van der Waals surface area contributed by atoms with E-state index in [1.807, 2.05) is 37.3 Å². The maximum atomic E-state index is 12.5. The molecule has 1 heterocycles. The average Bonchev–Trinajstić information content (AvgIpc) is 2.85. The lowest BCUT2D eigenvalue weighted by atomic mass is 10.0. The number of hydrogen-bond donors (Lipinski definition) is 0. The lowest BCUT2D eigenvalue weighted by Gasteiger charge is -2.22. The van der Waals surface area contributed by atoms with Gasteiger partial charge in [-0.15, -0.1) is 6.58 Å². The highest BCUT2D eigenvalue weighted by atomic mass is 16.6. The van der Waals surface area contributed by atoms with Gasteiger partial charge in [0, 0.05) is 5.92 Å². The molecule has 2 atom stereocenters. The lowest BCUT2D eigenvalue weighted by molar-refractivity contribution is -0.133. The van der Waals surface area contributed by atoms with Gasteiger partial charge in [-0.2, -0.15) is 0 Å². The molecule has 1 aromatic rings. The zero-order chi connectivity index (χ0) is 15.2. The van der Waals surface area contributed by atoms with Crippen LogP contribution in [-0.4, -0.2) is 29.5 Å². The molecule has 2 unspecified atom stereocenters. The molecule has 112 valence electrons. The molecule has 1 aliphatic rings. The van der Waals surface area contributed by atoms with E-state index >= 15 is 0 Å². The van der Waals surface area contributed by atoms with Gasteiger partial charge in [0.1, 0.15) is 6.61 Å². The molecule has 1 fully saturated rings. The van der Waals surface area contributed by atoms with Gasteiger partial charge >= 0.3 is 6.09 Å². The summed E-state index contributed by atoms with van der Waals surface area (Å²) in [6, 6.07) is 9.62. The molecule has 0 aromatic heterocycles. The van der Waals surface area contributed by atoms with Crippen molar-refractivity contribution in [1.82, 2.24) is 4.90 Å². The number of carbonyl (C=O) groups is 2. The highest BCUT2D eigenvalue weighted by molar-refractivity contribution is 5.94. The van der Waals surface area contributed by atoms with Crippen molar-refractivity contribution in [2.45, 2.75) is 32.2 Å². The summed E-state index contributed by atoms with van der Waals surface area (Å²) in [6.07, 6.45) is 3.36. The molecular weight excluding hydrogens is 266 g/mol.